The number of hydrogen-bond donors (Lipinski definition) is 2. The predicted molar refractivity (Wildman–Crippen MR) is 112 cm³/mol. The number of carbonyl (C=O) groups excluding carboxylic acids is 2. The lowest BCUT2D eigenvalue weighted by Gasteiger charge is -2.24. The molecule has 0 spiro atoms. The number of aryl methyl sites for hydroxylation is 1. The van der Waals surface area contributed by atoms with Crippen LogP contribution in [0.3, 0.4) is 0 Å². The average Bonchev–Trinajstić information content (AvgIpc) is 3.41. The maximum Gasteiger partial charge on any atom is 0.290 e. The van der Waals surface area contributed by atoms with Crippen LogP contribution in [-0.2, 0) is 20.9 Å². The number of rotatable bonds is 6. The van der Waals surface area contributed by atoms with Crippen LogP contribution in [0.25, 0.3) is 11.4 Å². The van der Waals surface area contributed by atoms with Gasteiger partial charge in [-0.05, 0) is 60.6 Å². The van der Waals surface area contributed by atoms with E-state index in [0.717, 1.165) is 19.4 Å². The van der Waals surface area contributed by atoms with Gasteiger partial charge in [0.05, 0.1) is 6.54 Å². The van der Waals surface area contributed by atoms with Gasteiger partial charge in [0, 0.05) is 38.0 Å². The van der Waals surface area contributed by atoms with Crippen molar-refractivity contribution < 1.29 is 23.9 Å². The fourth-order valence-electron chi connectivity index (χ4n) is 4.36. The average molecular weight is 446 g/mol. The molecule has 1 aliphatic heterocycles. The number of fused-ring (bicyclic) bond motifs is 1. The zero-order valence-electron chi connectivity index (χ0n) is 17.9. The van der Waals surface area contributed by atoms with Gasteiger partial charge in [0.2, 0.25) is 17.6 Å². The molecule has 172 valence electrons. The molecule has 1 aliphatic carbocycles. The number of carbonyl (C=O) groups is 3. The van der Waals surface area contributed by atoms with Gasteiger partial charge in [-0.25, -0.2) is 4.39 Å². The van der Waals surface area contributed by atoms with E-state index in [-0.39, 0.29) is 30.1 Å². The third-order valence-corrected chi connectivity index (χ3v) is 6.07. The van der Waals surface area contributed by atoms with E-state index in [0.29, 0.717) is 49.0 Å². The Morgan fingerprint density at radius 3 is 2.72 bits per heavy atom. The Hall–Kier alpha value is -3.37. The summed E-state index contributed by atoms with van der Waals surface area (Å²) in [5.41, 5.74) is 0.698. The quantitative estimate of drug-likeness (QED) is 0.640. The zero-order chi connectivity index (χ0) is 23.1. The molecule has 0 unspecified atom stereocenters. The molecule has 2 aromatic rings. The number of nitrogens with zero attached hydrogens (tertiary/aromatic N) is 5. The molecule has 2 amide bonds. The van der Waals surface area contributed by atoms with Crippen molar-refractivity contribution in [2.45, 2.75) is 44.7 Å². The first-order valence-corrected chi connectivity index (χ1v) is 10.5. The summed E-state index contributed by atoms with van der Waals surface area (Å²) >= 11 is 0. The van der Waals surface area contributed by atoms with Crippen molar-refractivity contribution in [2.24, 2.45) is 11.8 Å². The van der Waals surface area contributed by atoms with Crippen LogP contribution >= 0.6 is 0 Å². The first-order valence-electron chi connectivity index (χ1n) is 10.5. The van der Waals surface area contributed by atoms with Gasteiger partial charge in [-0.2, -0.15) is 4.80 Å². The molecule has 0 radical (unpaired) electrons. The van der Waals surface area contributed by atoms with Crippen LogP contribution in [0.5, 0.6) is 0 Å². The first-order chi connectivity index (χ1) is 15.4. The van der Waals surface area contributed by atoms with Gasteiger partial charge in [0.25, 0.3) is 6.47 Å². The number of halogens is 1. The minimum atomic E-state index is -0.312. The molecule has 1 aromatic heterocycles. The lowest BCUT2D eigenvalue weighted by atomic mass is 9.89. The second kappa shape index (κ2) is 10.8. The SMILES string of the molecule is CN(C(=O)CCCn1nnc(-c2ccc(F)cc2)n1)[C@H]1C[C@H]2CC(=O)NC[C@H]2C1.O=CO. The van der Waals surface area contributed by atoms with Crippen LogP contribution < -0.4 is 5.32 Å². The first kappa shape index (κ1) is 23.3. The molecule has 11 heteroatoms. The molecule has 1 aromatic carbocycles. The fraction of sp³-hybridized carbons (Fsp3) is 0.524. The van der Waals surface area contributed by atoms with Crippen LogP contribution in [0.1, 0.15) is 32.1 Å². The van der Waals surface area contributed by atoms with Gasteiger partial charge >= 0.3 is 0 Å². The standard InChI is InChI=1S/C20H25FN6O2.CH2O2/c1-26(17-9-14-11-18(28)22-12-15(14)10-17)19(29)3-2-8-27-24-20(23-25-27)13-4-6-16(21)7-5-13;2-1-3/h4-7,14-15,17H,2-3,8-12H2,1H3,(H,22,28);1H,(H,2,3)/t14-,15+,17-;/m0./s1. The van der Waals surface area contributed by atoms with E-state index in [4.69, 9.17) is 9.90 Å². The number of hydrogen-bond acceptors (Lipinski definition) is 6. The topological polar surface area (TPSA) is 130 Å². The Kier molecular flexibility index (Phi) is 7.85. The molecule has 32 heavy (non-hydrogen) atoms. The van der Waals surface area contributed by atoms with E-state index in [1.54, 1.807) is 12.1 Å². The van der Waals surface area contributed by atoms with Gasteiger partial charge in [0.15, 0.2) is 0 Å². The number of carboxylic acid groups (broad SMARTS) is 1. The van der Waals surface area contributed by atoms with E-state index in [9.17, 15) is 14.0 Å². The molecule has 4 rings (SSSR count). The second-order valence-electron chi connectivity index (χ2n) is 8.08. The van der Waals surface area contributed by atoms with Gasteiger partial charge < -0.3 is 15.3 Å². The Balaban J connectivity index is 0.000000913. The third-order valence-electron chi connectivity index (χ3n) is 6.07. The van der Waals surface area contributed by atoms with E-state index in [1.165, 1.54) is 16.9 Å². The molecule has 2 N–H and O–H groups in total. The Morgan fingerprint density at radius 1 is 1.31 bits per heavy atom. The number of amides is 2. The fourth-order valence-corrected chi connectivity index (χ4v) is 4.36. The Morgan fingerprint density at radius 2 is 2.00 bits per heavy atom. The molecule has 2 heterocycles. The molecule has 1 saturated heterocycles. The molecular weight excluding hydrogens is 419 g/mol. The predicted octanol–water partition coefficient (Wildman–Crippen LogP) is 1.33. The second-order valence-corrected chi connectivity index (χ2v) is 8.08. The van der Waals surface area contributed by atoms with E-state index >= 15 is 0 Å². The highest BCUT2D eigenvalue weighted by Crippen LogP contribution is 2.38. The van der Waals surface area contributed by atoms with Crippen molar-refractivity contribution in [1.29, 1.82) is 0 Å². The van der Waals surface area contributed by atoms with E-state index in [1.807, 2.05) is 11.9 Å². The van der Waals surface area contributed by atoms with Crippen molar-refractivity contribution in [2.75, 3.05) is 13.6 Å². The number of benzene rings is 1. The van der Waals surface area contributed by atoms with Gasteiger partial charge in [-0.1, -0.05) is 0 Å². The van der Waals surface area contributed by atoms with Crippen LogP contribution in [0.15, 0.2) is 24.3 Å². The number of tetrazole rings is 1. The molecule has 1 saturated carbocycles. The van der Waals surface area contributed by atoms with E-state index < -0.39 is 0 Å². The Labute approximate surface area is 184 Å². The molecule has 2 fully saturated rings. The summed E-state index contributed by atoms with van der Waals surface area (Å²) in [6, 6.07) is 6.14. The van der Waals surface area contributed by atoms with Crippen molar-refractivity contribution in [3.05, 3.63) is 30.1 Å². The smallest absolute Gasteiger partial charge is 0.290 e. The number of piperidine rings is 1. The monoisotopic (exact) mass is 446 g/mol. The summed E-state index contributed by atoms with van der Waals surface area (Å²) in [7, 11) is 1.86. The van der Waals surface area contributed by atoms with Gasteiger partial charge in [-0.3, -0.25) is 14.4 Å². The maximum absolute atomic E-state index is 13.0. The zero-order valence-corrected chi connectivity index (χ0v) is 17.9. The highest BCUT2D eigenvalue weighted by atomic mass is 19.1. The lowest BCUT2D eigenvalue weighted by molar-refractivity contribution is -0.132. The van der Waals surface area contributed by atoms with Crippen LogP contribution in [0.2, 0.25) is 0 Å². The van der Waals surface area contributed by atoms with Gasteiger partial charge in [0.1, 0.15) is 5.82 Å². The molecule has 2 aliphatic rings. The minimum absolute atomic E-state index is 0.104. The van der Waals surface area contributed by atoms with Crippen molar-refractivity contribution in [3.63, 3.8) is 0 Å². The van der Waals surface area contributed by atoms with Crippen molar-refractivity contribution >= 4 is 18.3 Å². The number of nitrogens with one attached hydrogen (secondary N) is 1. The van der Waals surface area contributed by atoms with E-state index in [2.05, 4.69) is 20.7 Å². The summed E-state index contributed by atoms with van der Waals surface area (Å²) in [4.78, 5) is 35.8. The third kappa shape index (κ3) is 5.86. The van der Waals surface area contributed by atoms with Crippen molar-refractivity contribution in [3.8, 4) is 11.4 Å². The largest absolute Gasteiger partial charge is 0.483 e. The summed E-state index contributed by atoms with van der Waals surface area (Å²) < 4.78 is 13.0. The molecule has 0 bridgehead atoms. The van der Waals surface area contributed by atoms with Crippen LogP contribution in [0.4, 0.5) is 4.39 Å². The van der Waals surface area contributed by atoms with Crippen molar-refractivity contribution in [1.82, 2.24) is 30.4 Å². The summed E-state index contributed by atoms with van der Waals surface area (Å²) in [6.07, 6.45) is 3.47. The summed E-state index contributed by atoms with van der Waals surface area (Å²) in [5.74, 6) is 1.23. The Bertz CT molecular complexity index is 935. The lowest BCUT2D eigenvalue weighted by Crippen LogP contribution is -2.38. The number of aromatic nitrogens is 4. The molecule has 3 atom stereocenters. The molecular formula is C21H27FN6O4. The normalized spacial score (nSPS) is 21.7. The summed E-state index contributed by atoms with van der Waals surface area (Å²) in [5, 5.41) is 22.1. The minimum Gasteiger partial charge on any atom is -0.483 e. The highest BCUT2D eigenvalue weighted by molar-refractivity contribution is 5.77. The molecule has 10 nitrogen and oxygen atoms in total. The van der Waals surface area contributed by atoms with Crippen LogP contribution in [-0.4, -0.2) is 68.1 Å². The maximum atomic E-state index is 13.0. The highest BCUT2D eigenvalue weighted by Gasteiger charge is 2.40. The van der Waals surface area contributed by atoms with Gasteiger partial charge in [-0.15, -0.1) is 10.2 Å². The van der Waals surface area contributed by atoms with Crippen LogP contribution in [0, 0.1) is 17.7 Å². The summed E-state index contributed by atoms with van der Waals surface area (Å²) in [6.45, 7) is 0.971.